The molecular weight excluding hydrogens is 504 g/mol. The third-order valence-corrected chi connectivity index (χ3v) is 6.41. The minimum atomic E-state index is -2.37. The Morgan fingerprint density at radius 1 is 1.11 bits per heavy atom. The van der Waals surface area contributed by atoms with E-state index in [1.807, 2.05) is 0 Å². The van der Waals surface area contributed by atoms with Gasteiger partial charge in [0.1, 0.15) is 17.4 Å². The number of aromatic nitrogens is 5. The van der Waals surface area contributed by atoms with Gasteiger partial charge in [-0.1, -0.05) is 0 Å². The van der Waals surface area contributed by atoms with Crippen LogP contribution in [-0.4, -0.2) is 51.4 Å². The Hall–Kier alpha value is -4.42. The van der Waals surface area contributed by atoms with Crippen LogP contribution in [0.1, 0.15) is 6.42 Å². The molecule has 38 heavy (non-hydrogen) atoms. The van der Waals surface area contributed by atoms with Gasteiger partial charge in [0.15, 0.2) is 17.5 Å². The van der Waals surface area contributed by atoms with Crippen molar-refractivity contribution in [3.8, 4) is 28.3 Å². The fraction of sp³-hybridized carbons (Fsp3) is 0.280. The van der Waals surface area contributed by atoms with Crippen LogP contribution in [0.5, 0.6) is 5.75 Å². The lowest BCUT2D eigenvalue weighted by Crippen LogP contribution is -2.22. The summed E-state index contributed by atoms with van der Waals surface area (Å²) in [5.74, 6) is -0.897. The number of anilines is 4. The average Bonchev–Trinajstić information content (AvgIpc) is 3.53. The van der Waals surface area contributed by atoms with Crippen molar-refractivity contribution in [2.24, 2.45) is 13.0 Å². The van der Waals surface area contributed by atoms with Crippen molar-refractivity contribution in [1.29, 1.82) is 0 Å². The van der Waals surface area contributed by atoms with Gasteiger partial charge >= 0.3 is 0 Å². The summed E-state index contributed by atoms with van der Waals surface area (Å²) in [6.45, 7) is 0.705. The topological polar surface area (TPSA) is 107 Å². The molecule has 0 spiro atoms. The quantitative estimate of drug-likeness (QED) is 0.334. The van der Waals surface area contributed by atoms with Gasteiger partial charge in [-0.25, -0.2) is 32.2 Å². The Morgan fingerprint density at radius 3 is 2.63 bits per heavy atom. The van der Waals surface area contributed by atoms with E-state index in [-0.39, 0.29) is 23.5 Å². The molecule has 9 nitrogen and oxygen atoms in total. The van der Waals surface area contributed by atoms with Gasteiger partial charge in [0.25, 0.3) is 0 Å². The molecule has 0 bridgehead atoms. The lowest BCUT2D eigenvalue weighted by Gasteiger charge is -2.18. The van der Waals surface area contributed by atoms with Gasteiger partial charge in [0, 0.05) is 61.3 Å². The number of aryl methyl sites for hydroxylation is 1. The van der Waals surface area contributed by atoms with Crippen molar-refractivity contribution >= 4 is 23.3 Å². The number of benzene rings is 1. The second-order valence-electron chi connectivity index (χ2n) is 8.83. The maximum Gasteiger partial charge on any atom is 0.243 e. The lowest BCUT2D eigenvalue weighted by molar-refractivity contribution is 0.0880. The van der Waals surface area contributed by atoms with Crippen LogP contribution in [0.25, 0.3) is 22.5 Å². The highest BCUT2D eigenvalue weighted by atomic mass is 19.3. The molecule has 13 heteroatoms. The van der Waals surface area contributed by atoms with Crippen molar-refractivity contribution in [3.63, 3.8) is 0 Å². The van der Waals surface area contributed by atoms with Gasteiger partial charge in [-0.05, 0) is 30.7 Å². The monoisotopic (exact) mass is 528 g/mol. The number of nitrogen functional groups attached to an aromatic ring is 1. The number of nitrogens with zero attached hydrogens (tertiary/aromatic N) is 6. The Bertz CT molecular complexity index is 1480. The second-order valence-corrected chi connectivity index (χ2v) is 8.83. The molecule has 1 atom stereocenters. The normalized spacial score (nSPS) is 15.3. The number of methoxy groups -OCH3 is 1. The smallest absolute Gasteiger partial charge is 0.243 e. The summed E-state index contributed by atoms with van der Waals surface area (Å²) in [4.78, 5) is 14.4. The van der Waals surface area contributed by atoms with Gasteiger partial charge in [0.2, 0.25) is 12.4 Å². The molecule has 0 radical (unpaired) electrons. The number of halogens is 4. The van der Waals surface area contributed by atoms with Crippen molar-refractivity contribution < 1.29 is 22.3 Å². The van der Waals surface area contributed by atoms with Crippen molar-refractivity contribution in [3.05, 3.63) is 54.4 Å². The molecule has 1 aromatic carbocycles. The third kappa shape index (κ3) is 4.78. The van der Waals surface area contributed by atoms with E-state index < -0.39 is 24.0 Å². The predicted octanol–water partition coefficient (Wildman–Crippen LogP) is 4.64. The summed E-state index contributed by atoms with van der Waals surface area (Å²) in [6, 6.07) is 7.22. The number of alkyl halides is 2. The van der Waals surface area contributed by atoms with E-state index in [0.717, 1.165) is 0 Å². The largest absolute Gasteiger partial charge is 0.496 e. The first-order chi connectivity index (χ1) is 18.2. The minimum Gasteiger partial charge on any atom is -0.496 e. The Balaban J connectivity index is 1.37. The zero-order valence-electron chi connectivity index (χ0n) is 20.5. The standard InChI is InChI=1S/C25H24F4N8O/c1-36-25(33-14-3-4-15(18(26)9-14)16-5-7-31-23(30)21(16)27)34-24(35-36)17-11-32-20(10-19(17)38-2)37-8-6-13(12-37)22(28)29/h3-5,7,9-11,13,22H,6,8,12H2,1-2H3,(H2,30,31)(H,33,34,35). The molecule has 4 heterocycles. The zero-order chi connectivity index (χ0) is 27.0. The van der Waals surface area contributed by atoms with Crippen LogP contribution < -0.4 is 20.7 Å². The minimum absolute atomic E-state index is 0.00388. The van der Waals surface area contributed by atoms with Crippen LogP contribution in [0.4, 0.5) is 40.8 Å². The molecule has 4 aromatic rings. The third-order valence-electron chi connectivity index (χ3n) is 6.41. The van der Waals surface area contributed by atoms with Crippen LogP contribution in [-0.2, 0) is 7.05 Å². The van der Waals surface area contributed by atoms with E-state index in [1.165, 1.54) is 42.4 Å². The Labute approximate surface area is 215 Å². The van der Waals surface area contributed by atoms with Gasteiger partial charge < -0.3 is 20.7 Å². The summed E-state index contributed by atoms with van der Waals surface area (Å²) in [7, 11) is 3.14. The number of nitrogens with two attached hydrogens (primary N) is 1. The molecular formula is C25H24F4N8O. The summed E-state index contributed by atoms with van der Waals surface area (Å²) >= 11 is 0. The zero-order valence-corrected chi connectivity index (χ0v) is 20.5. The van der Waals surface area contributed by atoms with Crippen LogP contribution in [0.15, 0.2) is 42.7 Å². The van der Waals surface area contributed by atoms with E-state index in [4.69, 9.17) is 10.5 Å². The fourth-order valence-electron chi connectivity index (χ4n) is 4.35. The molecule has 3 N–H and O–H groups in total. The first kappa shape index (κ1) is 25.2. The SMILES string of the molecule is COc1cc(N2CCC(C(F)F)C2)ncc1-c1nc(Nc2ccc(-c3ccnc(N)c3F)c(F)c2)n(C)n1. The molecule has 1 saturated heterocycles. The highest BCUT2D eigenvalue weighted by Crippen LogP contribution is 2.34. The molecule has 0 amide bonds. The highest BCUT2D eigenvalue weighted by Gasteiger charge is 2.30. The van der Waals surface area contributed by atoms with Crippen molar-refractivity contribution in [2.75, 3.05) is 36.1 Å². The molecule has 0 saturated carbocycles. The number of pyridine rings is 2. The predicted molar refractivity (Wildman–Crippen MR) is 134 cm³/mol. The molecule has 1 fully saturated rings. The van der Waals surface area contributed by atoms with Gasteiger partial charge in [-0.2, -0.15) is 4.98 Å². The fourth-order valence-corrected chi connectivity index (χ4v) is 4.35. The van der Waals surface area contributed by atoms with E-state index in [1.54, 1.807) is 24.1 Å². The van der Waals surface area contributed by atoms with E-state index in [0.29, 0.717) is 47.6 Å². The number of hydrogen-bond acceptors (Lipinski definition) is 8. The molecule has 1 aliphatic heterocycles. The molecule has 198 valence electrons. The van der Waals surface area contributed by atoms with Crippen LogP contribution >= 0.6 is 0 Å². The van der Waals surface area contributed by atoms with Crippen molar-refractivity contribution in [2.45, 2.75) is 12.8 Å². The molecule has 3 aromatic heterocycles. The Kier molecular flexibility index (Phi) is 6.74. The average molecular weight is 529 g/mol. The number of rotatable bonds is 7. The van der Waals surface area contributed by atoms with Crippen molar-refractivity contribution in [1.82, 2.24) is 24.7 Å². The summed E-state index contributed by atoms with van der Waals surface area (Å²) < 4.78 is 62.3. The second kappa shape index (κ2) is 10.1. The first-order valence-corrected chi connectivity index (χ1v) is 11.7. The van der Waals surface area contributed by atoms with Gasteiger partial charge in [-0.15, -0.1) is 5.10 Å². The first-order valence-electron chi connectivity index (χ1n) is 11.7. The summed E-state index contributed by atoms with van der Waals surface area (Å²) in [5.41, 5.74) is 6.40. The van der Waals surface area contributed by atoms with E-state index >= 15 is 0 Å². The molecule has 0 aliphatic carbocycles. The highest BCUT2D eigenvalue weighted by molar-refractivity contribution is 5.71. The van der Waals surface area contributed by atoms with Gasteiger partial charge in [-0.3, -0.25) is 0 Å². The van der Waals surface area contributed by atoms with Crippen LogP contribution in [0, 0.1) is 17.6 Å². The van der Waals surface area contributed by atoms with Crippen LogP contribution in [0.3, 0.4) is 0 Å². The number of hydrogen-bond donors (Lipinski definition) is 2. The summed E-state index contributed by atoms with van der Waals surface area (Å²) in [6.07, 6.45) is 0.867. The Morgan fingerprint density at radius 2 is 1.92 bits per heavy atom. The summed E-state index contributed by atoms with van der Waals surface area (Å²) in [5, 5.41) is 7.40. The molecule has 1 aliphatic rings. The van der Waals surface area contributed by atoms with E-state index in [9.17, 15) is 17.6 Å². The number of ether oxygens (including phenoxy) is 1. The molecule has 1 unspecified atom stereocenters. The van der Waals surface area contributed by atoms with Crippen LogP contribution in [0.2, 0.25) is 0 Å². The maximum atomic E-state index is 14.9. The number of nitrogens with one attached hydrogen (secondary N) is 1. The van der Waals surface area contributed by atoms with Gasteiger partial charge in [0.05, 0.1) is 12.7 Å². The molecule has 5 rings (SSSR count). The lowest BCUT2D eigenvalue weighted by atomic mass is 10.1. The maximum absolute atomic E-state index is 14.9. The van der Waals surface area contributed by atoms with E-state index in [2.05, 4.69) is 25.4 Å².